The fraction of sp³-hybridized carbons (Fsp3) is 0.455. The largest absolute Gasteiger partial charge is 0.416 e. The Bertz CT molecular complexity index is 890. The van der Waals surface area contributed by atoms with Crippen molar-refractivity contribution >= 4 is 17.4 Å². The molecular weight excluding hydrogens is 393 g/mol. The molecule has 1 aromatic carbocycles. The van der Waals surface area contributed by atoms with Gasteiger partial charge in [-0.05, 0) is 56.4 Å². The lowest BCUT2D eigenvalue weighted by molar-refractivity contribution is -0.137. The first-order valence-corrected chi connectivity index (χ1v) is 10.0. The molecule has 1 fully saturated rings. The predicted octanol–water partition coefficient (Wildman–Crippen LogP) is 4.63. The number of anilines is 2. The molecule has 1 aliphatic carbocycles. The minimum Gasteiger partial charge on any atom is -0.377 e. The lowest BCUT2D eigenvalue weighted by Gasteiger charge is -2.30. The predicted molar refractivity (Wildman–Crippen MR) is 112 cm³/mol. The first kappa shape index (κ1) is 21.9. The molecule has 1 amide bonds. The minimum atomic E-state index is -4.46. The Morgan fingerprint density at radius 3 is 2.40 bits per heavy atom. The molecule has 162 valence electrons. The van der Waals surface area contributed by atoms with Crippen LogP contribution in [0.25, 0.3) is 0 Å². The fourth-order valence-corrected chi connectivity index (χ4v) is 3.77. The van der Waals surface area contributed by atoms with Gasteiger partial charge in [0.05, 0.1) is 5.56 Å². The second-order valence-corrected chi connectivity index (χ2v) is 8.00. The third-order valence-corrected chi connectivity index (χ3v) is 5.42. The molecule has 1 aliphatic rings. The number of pyridine rings is 1. The Labute approximate surface area is 174 Å². The number of nitrogens with zero attached hydrogens (tertiary/aromatic N) is 2. The molecule has 0 aliphatic heterocycles. The number of aromatic nitrogens is 1. The van der Waals surface area contributed by atoms with Gasteiger partial charge in [0.15, 0.2) is 0 Å². The summed E-state index contributed by atoms with van der Waals surface area (Å²) in [6.07, 6.45) is 0.597. The van der Waals surface area contributed by atoms with Gasteiger partial charge < -0.3 is 15.5 Å². The summed E-state index contributed by atoms with van der Waals surface area (Å²) in [6, 6.07) is 6.75. The van der Waals surface area contributed by atoms with Gasteiger partial charge in [0, 0.05) is 49.7 Å². The molecule has 0 saturated heterocycles. The lowest BCUT2D eigenvalue weighted by Crippen LogP contribution is -2.40. The van der Waals surface area contributed by atoms with Gasteiger partial charge in [-0.15, -0.1) is 0 Å². The molecule has 0 radical (unpaired) electrons. The monoisotopic (exact) mass is 420 g/mol. The maximum atomic E-state index is 12.9. The Morgan fingerprint density at radius 1 is 1.10 bits per heavy atom. The number of alkyl halides is 3. The van der Waals surface area contributed by atoms with Crippen LogP contribution in [0.5, 0.6) is 0 Å². The van der Waals surface area contributed by atoms with Crippen LogP contribution in [0.15, 0.2) is 36.5 Å². The van der Waals surface area contributed by atoms with E-state index < -0.39 is 17.6 Å². The van der Waals surface area contributed by atoms with Crippen LogP contribution in [0, 0.1) is 6.92 Å². The average molecular weight is 420 g/mol. The molecule has 30 heavy (non-hydrogen) atoms. The van der Waals surface area contributed by atoms with Crippen molar-refractivity contribution in [1.29, 1.82) is 0 Å². The van der Waals surface area contributed by atoms with Crippen molar-refractivity contribution in [2.75, 3.05) is 24.3 Å². The van der Waals surface area contributed by atoms with Crippen LogP contribution in [-0.2, 0) is 6.18 Å². The van der Waals surface area contributed by atoms with Gasteiger partial charge in [0.2, 0.25) is 0 Å². The van der Waals surface area contributed by atoms with Crippen molar-refractivity contribution in [3.8, 4) is 0 Å². The summed E-state index contributed by atoms with van der Waals surface area (Å²) >= 11 is 0. The van der Waals surface area contributed by atoms with E-state index in [0.717, 1.165) is 54.9 Å². The van der Waals surface area contributed by atoms with Crippen molar-refractivity contribution in [2.45, 2.75) is 50.9 Å². The van der Waals surface area contributed by atoms with E-state index in [1.165, 1.54) is 12.1 Å². The topological polar surface area (TPSA) is 57.3 Å². The first-order chi connectivity index (χ1) is 14.1. The fourth-order valence-electron chi connectivity index (χ4n) is 3.77. The number of aryl methyl sites for hydroxylation is 1. The van der Waals surface area contributed by atoms with Crippen molar-refractivity contribution in [2.24, 2.45) is 0 Å². The molecule has 8 heteroatoms. The van der Waals surface area contributed by atoms with Gasteiger partial charge in [-0.3, -0.25) is 4.79 Å². The Morgan fingerprint density at radius 2 is 1.77 bits per heavy atom. The number of amides is 1. The Balaban J connectivity index is 1.54. The molecule has 1 aromatic heterocycles. The summed E-state index contributed by atoms with van der Waals surface area (Å²) in [5.41, 5.74) is 1.43. The van der Waals surface area contributed by atoms with E-state index in [-0.39, 0.29) is 17.6 Å². The second kappa shape index (κ2) is 8.93. The summed E-state index contributed by atoms with van der Waals surface area (Å²) in [6.45, 7) is 2.02. The van der Waals surface area contributed by atoms with E-state index in [1.807, 2.05) is 38.2 Å². The second-order valence-electron chi connectivity index (χ2n) is 8.00. The smallest absolute Gasteiger partial charge is 0.377 e. The average Bonchev–Trinajstić information content (AvgIpc) is 2.70. The highest BCUT2D eigenvalue weighted by Gasteiger charge is 2.31. The number of rotatable bonds is 5. The van der Waals surface area contributed by atoms with E-state index in [0.29, 0.717) is 0 Å². The van der Waals surface area contributed by atoms with Crippen LogP contribution in [0.2, 0.25) is 0 Å². The van der Waals surface area contributed by atoms with Crippen molar-refractivity contribution in [3.63, 3.8) is 0 Å². The molecule has 0 unspecified atom stereocenters. The van der Waals surface area contributed by atoms with Gasteiger partial charge in [0.1, 0.15) is 5.82 Å². The molecule has 1 heterocycles. The number of carbonyl (C=O) groups is 1. The summed E-state index contributed by atoms with van der Waals surface area (Å²) in [4.78, 5) is 18.9. The van der Waals surface area contributed by atoms with Crippen LogP contribution in [0.3, 0.4) is 0 Å². The number of nitrogens with one attached hydrogen (secondary N) is 2. The molecule has 0 atom stereocenters. The number of carbonyl (C=O) groups excluding carboxylic acids is 1. The lowest BCUT2D eigenvalue weighted by atomic mass is 9.91. The summed E-state index contributed by atoms with van der Waals surface area (Å²) in [5, 5.41) is 6.33. The summed E-state index contributed by atoms with van der Waals surface area (Å²) in [5.74, 6) is 0.356. The van der Waals surface area contributed by atoms with Crippen LogP contribution < -0.4 is 15.5 Å². The molecule has 2 aromatic rings. The van der Waals surface area contributed by atoms with Crippen molar-refractivity contribution in [1.82, 2.24) is 10.3 Å². The molecular formula is C22H27F3N4O. The summed E-state index contributed by atoms with van der Waals surface area (Å²) in [7, 11) is 3.98. The van der Waals surface area contributed by atoms with E-state index in [1.54, 1.807) is 0 Å². The van der Waals surface area contributed by atoms with Gasteiger partial charge in [-0.25, -0.2) is 4.98 Å². The third-order valence-electron chi connectivity index (χ3n) is 5.42. The quantitative estimate of drug-likeness (QED) is 0.741. The van der Waals surface area contributed by atoms with Gasteiger partial charge in [-0.1, -0.05) is 6.07 Å². The zero-order chi connectivity index (χ0) is 21.9. The zero-order valence-corrected chi connectivity index (χ0v) is 17.4. The number of halogens is 3. The summed E-state index contributed by atoms with van der Waals surface area (Å²) < 4.78 is 38.6. The molecule has 1 saturated carbocycles. The van der Waals surface area contributed by atoms with Gasteiger partial charge in [0.25, 0.3) is 5.91 Å². The van der Waals surface area contributed by atoms with Gasteiger partial charge >= 0.3 is 6.18 Å². The number of benzene rings is 1. The maximum absolute atomic E-state index is 12.9. The molecule has 2 N–H and O–H groups in total. The highest BCUT2D eigenvalue weighted by Crippen LogP contribution is 2.30. The number of hydrogen-bond acceptors (Lipinski definition) is 4. The van der Waals surface area contributed by atoms with E-state index in [2.05, 4.69) is 15.6 Å². The van der Waals surface area contributed by atoms with Crippen LogP contribution in [0.4, 0.5) is 24.7 Å². The SMILES string of the molecule is Cc1cnc(NC2CCC(NC(=O)c3cccc(C(F)(F)F)c3)CC2)cc1N(C)C. The van der Waals surface area contributed by atoms with Crippen LogP contribution >= 0.6 is 0 Å². The first-order valence-electron chi connectivity index (χ1n) is 10.0. The maximum Gasteiger partial charge on any atom is 0.416 e. The van der Waals surface area contributed by atoms with Crippen molar-refractivity contribution in [3.05, 3.63) is 53.2 Å². The van der Waals surface area contributed by atoms with Crippen LogP contribution in [-0.4, -0.2) is 37.1 Å². The Hall–Kier alpha value is -2.77. The molecule has 3 rings (SSSR count). The van der Waals surface area contributed by atoms with E-state index >= 15 is 0 Å². The highest BCUT2D eigenvalue weighted by atomic mass is 19.4. The van der Waals surface area contributed by atoms with E-state index in [4.69, 9.17) is 0 Å². The zero-order valence-electron chi connectivity index (χ0n) is 17.4. The Kier molecular flexibility index (Phi) is 6.53. The molecule has 0 spiro atoms. The minimum absolute atomic E-state index is 0.0325. The van der Waals surface area contributed by atoms with Crippen molar-refractivity contribution < 1.29 is 18.0 Å². The number of hydrogen-bond donors (Lipinski definition) is 2. The third kappa shape index (κ3) is 5.43. The van der Waals surface area contributed by atoms with Gasteiger partial charge in [-0.2, -0.15) is 13.2 Å². The standard InChI is InChI=1S/C22H27F3N4O/c1-14-13-26-20(12-19(14)29(2)3)27-17-7-9-18(10-8-17)28-21(30)15-5-4-6-16(11-15)22(23,24)25/h4-6,11-13,17-18H,7-10H2,1-3H3,(H,26,27)(H,28,30). The molecule has 0 bridgehead atoms. The van der Waals surface area contributed by atoms with Crippen LogP contribution in [0.1, 0.15) is 47.2 Å². The molecule has 5 nitrogen and oxygen atoms in total. The van der Waals surface area contributed by atoms with E-state index in [9.17, 15) is 18.0 Å². The normalized spacial score (nSPS) is 19.3. The highest BCUT2D eigenvalue weighted by molar-refractivity contribution is 5.94.